The first-order valence-corrected chi connectivity index (χ1v) is 9.46. The number of phenolic OH excluding ortho intramolecular Hbond substituents is 1. The van der Waals surface area contributed by atoms with Crippen molar-refractivity contribution in [1.82, 2.24) is 15.2 Å². The third-order valence-electron chi connectivity index (χ3n) is 4.56. The quantitative estimate of drug-likeness (QED) is 0.365. The largest absolute Gasteiger partial charge is 0.508 e. The van der Waals surface area contributed by atoms with E-state index in [9.17, 15) is 5.11 Å². The molecule has 2 aromatic heterocycles. The summed E-state index contributed by atoms with van der Waals surface area (Å²) >= 11 is 3.45. The Morgan fingerprint density at radius 1 is 0.929 bits per heavy atom. The lowest BCUT2D eigenvalue weighted by Crippen LogP contribution is -1.92. The molecule has 0 saturated carbocycles. The number of H-pyrrole nitrogens is 1. The number of aromatic amines is 1. The van der Waals surface area contributed by atoms with Gasteiger partial charge in [0.25, 0.3) is 0 Å². The number of aromatic nitrogens is 3. The summed E-state index contributed by atoms with van der Waals surface area (Å²) in [4.78, 5) is 4.81. The fourth-order valence-corrected chi connectivity index (χ4v) is 3.47. The van der Waals surface area contributed by atoms with Gasteiger partial charge in [-0.15, -0.1) is 0 Å². The number of fused-ring (bicyclic) bond motifs is 3. The Morgan fingerprint density at radius 2 is 1.71 bits per heavy atom. The number of aromatic hydroxyl groups is 1. The van der Waals surface area contributed by atoms with E-state index in [0.29, 0.717) is 5.75 Å². The summed E-state index contributed by atoms with van der Waals surface area (Å²) in [5, 5.41) is 18.6. The highest BCUT2D eigenvalue weighted by atomic mass is 79.9. The zero-order valence-corrected chi connectivity index (χ0v) is 16.1. The number of nitrogens with zero attached hydrogens (tertiary/aromatic N) is 2. The molecule has 6 heteroatoms. The molecule has 0 fully saturated rings. The molecule has 0 radical (unpaired) electrons. The van der Waals surface area contributed by atoms with Crippen molar-refractivity contribution < 1.29 is 9.84 Å². The zero-order chi connectivity index (χ0) is 19.1. The van der Waals surface area contributed by atoms with Crippen LogP contribution in [0.5, 0.6) is 17.2 Å². The van der Waals surface area contributed by atoms with Crippen LogP contribution in [0.1, 0.15) is 0 Å². The third-order valence-corrected chi connectivity index (χ3v) is 5.09. The average molecular weight is 432 g/mol. The number of rotatable bonds is 3. The second-order valence-corrected chi connectivity index (χ2v) is 7.32. The number of halogens is 1. The molecule has 0 bridgehead atoms. The minimum atomic E-state index is 0.219. The molecule has 136 valence electrons. The lowest BCUT2D eigenvalue weighted by Gasteiger charge is -2.12. The lowest BCUT2D eigenvalue weighted by molar-refractivity contribution is 0.475. The van der Waals surface area contributed by atoms with Crippen LogP contribution in [-0.2, 0) is 0 Å². The summed E-state index contributed by atoms with van der Waals surface area (Å²) < 4.78 is 7.25. The molecule has 28 heavy (non-hydrogen) atoms. The first-order valence-electron chi connectivity index (χ1n) is 8.67. The molecule has 5 aromatic rings. The molecule has 2 heterocycles. The van der Waals surface area contributed by atoms with E-state index in [4.69, 9.17) is 9.72 Å². The normalized spacial score (nSPS) is 11.2. The van der Waals surface area contributed by atoms with Gasteiger partial charge in [0.2, 0.25) is 0 Å². The maximum absolute atomic E-state index is 9.58. The Balaban J connectivity index is 1.74. The predicted molar refractivity (Wildman–Crippen MR) is 113 cm³/mol. The topological polar surface area (TPSA) is 71.0 Å². The maximum atomic E-state index is 9.58. The Bertz CT molecular complexity index is 1300. The summed E-state index contributed by atoms with van der Waals surface area (Å²) in [6.45, 7) is 0. The van der Waals surface area contributed by atoms with E-state index >= 15 is 0 Å². The first-order chi connectivity index (χ1) is 13.7. The molecular formula is C22H14BrN3O2. The Kier molecular flexibility index (Phi) is 3.98. The summed E-state index contributed by atoms with van der Waals surface area (Å²) in [5.74, 6) is 1.64. The Morgan fingerprint density at radius 3 is 2.50 bits per heavy atom. The number of ether oxygens (including phenoxy) is 1. The number of benzene rings is 3. The van der Waals surface area contributed by atoms with Gasteiger partial charge in [-0.1, -0.05) is 15.9 Å². The number of hydrogen-bond acceptors (Lipinski definition) is 4. The van der Waals surface area contributed by atoms with Crippen LogP contribution in [0.15, 0.2) is 77.4 Å². The van der Waals surface area contributed by atoms with E-state index in [1.165, 1.54) is 0 Å². The van der Waals surface area contributed by atoms with E-state index in [-0.39, 0.29) is 5.75 Å². The second kappa shape index (κ2) is 6.65. The van der Waals surface area contributed by atoms with E-state index in [1.807, 2.05) is 54.6 Å². The van der Waals surface area contributed by atoms with Crippen LogP contribution in [0.3, 0.4) is 0 Å². The standard InChI is InChI=1S/C22H14BrN3O2/c23-14-3-7-16(8-4-14)28-21-11-20(13-1-5-15(27)6-2-13)25-19-10-9-18-17(22(19)21)12-24-26-18/h1-12,27H,(H,24,26). The lowest BCUT2D eigenvalue weighted by atomic mass is 10.1. The summed E-state index contributed by atoms with van der Waals surface area (Å²) in [6.07, 6.45) is 1.79. The third kappa shape index (κ3) is 2.97. The van der Waals surface area contributed by atoms with Crippen molar-refractivity contribution in [2.45, 2.75) is 0 Å². The van der Waals surface area contributed by atoms with Crippen molar-refractivity contribution in [1.29, 1.82) is 0 Å². The number of pyridine rings is 1. The average Bonchev–Trinajstić information content (AvgIpc) is 3.19. The van der Waals surface area contributed by atoms with Gasteiger partial charge in [-0.25, -0.2) is 4.98 Å². The van der Waals surface area contributed by atoms with E-state index in [1.54, 1.807) is 18.3 Å². The minimum Gasteiger partial charge on any atom is -0.508 e. The van der Waals surface area contributed by atoms with Crippen molar-refractivity contribution in [3.63, 3.8) is 0 Å². The number of hydrogen-bond donors (Lipinski definition) is 2. The molecule has 0 amide bonds. The molecule has 0 unspecified atom stereocenters. The summed E-state index contributed by atoms with van der Waals surface area (Å²) in [6, 6.07) is 20.5. The fourth-order valence-electron chi connectivity index (χ4n) is 3.21. The van der Waals surface area contributed by atoms with Gasteiger partial charge < -0.3 is 9.84 Å². The molecule has 0 aliphatic rings. The van der Waals surface area contributed by atoms with Crippen molar-refractivity contribution >= 4 is 37.7 Å². The molecule has 3 aromatic carbocycles. The van der Waals surface area contributed by atoms with Crippen LogP contribution in [0.4, 0.5) is 0 Å². The van der Waals surface area contributed by atoms with Gasteiger partial charge >= 0.3 is 0 Å². The van der Waals surface area contributed by atoms with Crippen molar-refractivity contribution in [2.24, 2.45) is 0 Å². The SMILES string of the molecule is Oc1ccc(-c2cc(Oc3ccc(Br)cc3)c3c(ccc4[nH]ncc43)n2)cc1. The highest BCUT2D eigenvalue weighted by molar-refractivity contribution is 9.10. The molecule has 5 nitrogen and oxygen atoms in total. The van der Waals surface area contributed by atoms with Gasteiger partial charge in [-0.2, -0.15) is 5.10 Å². The molecule has 2 N–H and O–H groups in total. The van der Waals surface area contributed by atoms with Crippen LogP contribution < -0.4 is 4.74 Å². The van der Waals surface area contributed by atoms with E-state index < -0.39 is 0 Å². The summed E-state index contributed by atoms with van der Waals surface area (Å²) in [5.41, 5.74) is 3.40. The fraction of sp³-hybridized carbons (Fsp3) is 0. The number of nitrogens with one attached hydrogen (secondary N) is 1. The van der Waals surface area contributed by atoms with Crippen LogP contribution in [0.25, 0.3) is 33.1 Å². The number of phenols is 1. The van der Waals surface area contributed by atoms with Crippen LogP contribution >= 0.6 is 15.9 Å². The molecule has 0 aliphatic carbocycles. The second-order valence-electron chi connectivity index (χ2n) is 6.40. The molecule has 0 aliphatic heterocycles. The molecular weight excluding hydrogens is 418 g/mol. The van der Waals surface area contributed by atoms with Gasteiger partial charge in [-0.3, -0.25) is 5.10 Å². The Hall–Kier alpha value is -3.38. The molecule has 5 rings (SSSR count). The van der Waals surface area contributed by atoms with E-state index in [2.05, 4.69) is 26.1 Å². The van der Waals surface area contributed by atoms with Crippen LogP contribution in [0.2, 0.25) is 0 Å². The van der Waals surface area contributed by atoms with Crippen LogP contribution in [0, 0.1) is 0 Å². The predicted octanol–water partition coefficient (Wildman–Crippen LogP) is 6.04. The maximum Gasteiger partial charge on any atom is 0.139 e. The van der Waals surface area contributed by atoms with Crippen molar-refractivity contribution in [3.8, 4) is 28.5 Å². The highest BCUT2D eigenvalue weighted by Gasteiger charge is 2.14. The van der Waals surface area contributed by atoms with Gasteiger partial charge in [-0.05, 0) is 60.7 Å². The van der Waals surface area contributed by atoms with Crippen molar-refractivity contribution in [2.75, 3.05) is 0 Å². The Labute approximate surface area is 168 Å². The minimum absolute atomic E-state index is 0.219. The monoisotopic (exact) mass is 431 g/mol. The zero-order valence-electron chi connectivity index (χ0n) is 14.6. The highest BCUT2D eigenvalue weighted by Crippen LogP contribution is 2.37. The van der Waals surface area contributed by atoms with Gasteiger partial charge in [0, 0.05) is 21.5 Å². The van der Waals surface area contributed by atoms with Crippen molar-refractivity contribution in [3.05, 3.63) is 77.4 Å². The molecule has 0 saturated heterocycles. The molecule has 0 atom stereocenters. The summed E-state index contributed by atoms with van der Waals surface area (Å²) in [7, 11) is 0. The molecule has 0 spiro atoms. The van der Waals surface area contributed by atoms with E-state index in [0.717, 1.165) is 43.3 Å². The van der Waals surface area contributed by atoms with Gasteiger partial charge in [0.1, 0.15) is 17.2 Å². The van der Waals surface area contributed by atoms with Gasteiger partial charge in [0.05, 0.1) is 28.3 Å². The first kappa shape index (κ1) is 16.8. The smallest absolute Gasteiger partial charge is 0.139 e. The van der Waals surface area contributed by atoms with Gasteiger partial charge in [0.15, 0.2) is 0 Å². The van der Waals surface area contributed by atoms with Crippen LogP contribution in [-0.4, -0.2) is 20.3 Å².